The highest BCUT2D eigenvalue weighted by molar-refractivity contribution is 5.96. The van der Waals surface area contributed by atoms with E-state index >= 15 is 0 Å². The number of benzene rings is 2. The Bertz CT molecular complexity index is 632. The van der Waals surface area contributed by atoms with Gasteiger partial charge in [0.15, 0.2) is 17.3 Å². The van der Waals surface area contributed by atoms with Gasteiger partial charge in [-0.15, -0.1) is 0 Å². The molecule has 2 aromatic rings. The molecule has 2 aromatic carbocycles. The maximum Gasteiger partial charge on any atom is 0.163 e. The number of hydrogen-bond acceptors (Lipinski definition) is 4. The van der Waals surface area contributed by atoms with E-state index in [0.717, 1.165) is 11.3 Å². The summed E-state index contributed by atoms with van der Waals surface area (Å²) in [4.78, 5) is 12.3. The van der Waals surface area contributed by atoms with Crippen LogP contribution in [-0.2, 0) is 6.42 Å². The molecular weight excluding hydrogens is 280 g/mol. The molecule has 0 N–H and O–H groups in total. The van der Waals surface area contributed by atoms with Crippen molar-refractivity contribution < 1.29 is 19.0 Å². The van der Waals surface area contributed by atoms with Crippen LogP contribution in [-0.4, -0.2) is 27.1 Å². The predicted octanol–water partition coefficient (Wildman–Crippen LogP) is 3.53. The van der Waals surface area contributed by atoms with Gasteiger partial charge in [-0.3, -0.25) is 4.79 Å². The molecule has 0 aromatic heterocycles. The van der Waals surface area contributed by atoms with Gasteiger partial charge in [-0.1, -0.05) is 12.1 Å². The van der Waals surface area contributed by atoms with E-state index in [0.29, 0.717) is 29.9 Å². The Morgan fingerprint density at radius 3 is 2.14 bits per heavy atom. The van der Waals surface area contributed by atoms with Gasteiger partial charge < -0.3 is 14.2 Å². The molecule has 4 heteroatoms. The second kappa shape index (κ2) is 7.50. The number of carbonyl (C=O) groups is 1. The highest BCUT2D eigenvalue weighted by atomic mass is 16.5. The number of ether oxygens (including phenoxy) is 3. The first-order chi connectivity index (χ1) is 10.7. The summed E-state index contributed by atoms with van der Waals surface area (Å²) < 4.78 is 15.5. The van der Waals surface area contributed by atoms with Crippen molar-refractivity contribution in [2.24, 2.45) is 0 Å². The molecule has 4 nitrogen and oxygen atoms in total. The van der Waals surface area contributed by atoms with E-state index in [1.165, 1.54) is 0 Å². The number of ketones is 1. The Kier molecular flexibility index (Phi) is 5.42. The second-order valence-corrected chi connectivity index (χ2v) is 4.84. The maximum absolute atomic E-state index is 12.3. The summed E-state index contributed by atoms with van der Waals surface area (Å²) in [6, 6.07) is 13.0. The molecule has 0 aliphatic rings. The summed E-state index contributed by atoms with van der Waals surface area (Å²) in [5.74, 6) is 2.08. The van der Waals surface area contributed by atoms with E-state index in [1.807, 2.05) is 24.3 Å². The molecule has 0 unspecified atom stereocenters. The van der Waals surface area contributed by atoms with Crippen LogP contribution in [0.25, 0.3) is 0 Å². The minimum Gasteiger partial charge on any atom is -0.497 e. The summed E-state index contributed by atoms with van der Waals surface area (Å²) in [6.45, 7) is 0. The lowest BCUT2D eigenvalue weighted by atomic mass is 10.0. The molecule has 0 radical (unpaired) electrons. The van der Waals surface area contributed by atoms with E-state index < -0.39 is 0 Å². The van der Waals surface area contributed by atoms with Crippen molar-refractivity contribution in [3.63, 3.8) is 0 Å². The van der Waals surface area contributed by atoms with Crippen LogP contribution in [0.15, 0.2) is 42.5 Å². The third-order valence-corrected chi connectivity index (χ3v) is 3.51. The standard InChI is InChI=1S/C18H20O4/c1-20-15-8-4-13(5-9-15)6-10-16(19)14-7-11-17(21-2)18(12-14)22-3/h4-5,7-9,11-12H,6,10H2,1-3H3. The van der Waals surface area contributed by atoms with E-state index in [4.69, 9.17) is 14.2 Å². The van der Waals surface area contributed by atoms with Gasteiger partial charge in [0.2, 0.25) is 0 Å². The monoisotopic (exact) mass is 300 g/mol. The molecule has 0 saturated carbocycles. The molecule has 0 aliphatic heterocycles. The summed E-state index contributed by atoms with van der Waals surface area (Å²) in [7, 11) is 4.77. The van der Waals surface area contributed by atoms with Crippen LogP contribution in [0.4, 0.5) is 0 Å². The number of hydrogen-bond donors (Lipinski definition) is 0. The van der Waals surface area contributed by atoms with Crippen LogP contribution in [0.3, 0.4) is 0 Å². The van der Waals surface area contributed by atoms with Crippen molar-refractivity contribution in [3.05, 3.63) is 53.6 Å². The van der Waals surface area contributed by atoms with Crippen molar-refractivity contribution >= 4 is 5.78 Å². The van der Waals surface area contributed by atoms with Crippen molar-refractivity contribution in [1.82, 2.24) is 0 Å². The molecule has 0 saturated heterocycles. The first kappa shape index (κ1) is 15.9. The van der Waals surface area contributed by atoms with Crippen molar-refractivity contribution in [2.45, 2.75) is 12.8 Å². The number of carbonyl (C=O) groups excluding carboxylic acids is 1. The third kappa shape index (κ3) is 3.79. The smallest absolute Gasteiger partial charge is 0.163 e. The lowest BCUT2D eigenvalue weighted by molar-refractivity contribution is 0.0982. The molecule has 0 atom stereocenters. The van der Waals surface area contributed by atoms with Crippen molar-refractivity contribution in [2.75, 3.05) is 21.3 Å². The summed E-state index contributed by atoms with van der Waals surface area (Å²) in [5, 5.41) is 0. The van der Waals surface area contributed by atoms with E-state index in [1.54, 1.807) is 39.5 Å². The SMILES string of the molecule is COc1ccc(CCC(=O)c2ccc(OC)c(OC)c2)cc1. The average molecular weight is 300 g/mol. The van der Waals surface area contributed by atoms with Crippen molar-refractivity contribution in [1.29, 1.82) is 0 Å². The topological polar surface area (TPSA) is 44.8 Å². The Hall–Kier alpha value is -2.49. The molecule has 0 amide bonds. The fraction of sp³-hybridized carbons (Fsp3) is 0.278. The minimum absolute atomic E-state index is 0.0803. The first-order valence-corrected chi connectivity index (χ1v) is 7.06. The van der Waals surface area contributed by atoms with Gasteiger partial charge in [-0.2, -0.15) is 0 Å². The molecule has 0 fully saturated rings. The number of methoxy groups -OCH3 is 3. The molecule has 0 bridgehead atoms. The first-order valence-electron chi connectivity index (χ1n) is 7.06. The van der Waals surface area contributed by atoms with Gasteiger partial charge in [-0.05, 0) is 42.3 Å². The van der Waals surface area contributed by atoms with Gasteiger partial charge in [0.25, 0.3) is 0 Å². The normalized spacial score (nSPS) is 10.1. The molecule has 116 valence electrons. The zero-order valence-electron chi connectivity index (χ0n) is 13.1. The highest BCUT2D eigenvalue weighted by Gasteiger charge is 2.11. The molecule has 0 heterocycles. The molecule has 0 aliphatic carbocycles. The van der Waals surface area contributed by atoms with Crippen LogP contribution < -0.4 is 14.2 Å². The zero-order chi connectivity index (χ0) is 15.9. The zero-order valence-corrected chi connectivity index (χ0v) is 13.1. The maximum atomic E-state index is 12.3. The fourth-order valence-electron chi connectivity index (χ4n) is 2.20. The Labute approximate surface area is 130 Å². The van der Waals surface area contributed by atoms with Crippen LogP contribution in [0.1, 0.15) is 22.3 Å². The fourth-order valence-corrected chi connectivity index (χ4v) is 2.20. The summed E-state index contributed by atoms with van der Waals surface area (Å²) in [6.07, 6.45) is 1.14. The lowest BCUT2D eigenvalue weighted by Crippen LogP contribution is -2.02. The molecular formula is C18H20O4. The molecule has 22 heavy (non-hydrogen) atoms. The van der Waals surface area contributed by atoms with Crippen LogP contribution >= 0.6 is 0 Å². The minimum atomic E-state index is 0.0803. The van der Waals surface area contributed by atoms with Crippen molar-refractivity contribution in [3.8, 4) is 17.2 Å². The van der Waals surface area contributed by atoms with Gasteiger partial charge in [0, 0.05) is 12.0 Å². The average Bonchev–Trinajstić information content (AvgIpc) is 2.59. The molecule has 0 spiro atoms. The van der Waals surface area contributed by atoms with E-state index in [2.05, 4.69) is 0 Å². The Morgan fingerprint density at radius 2 is 1.55 bits per heavy atom. The van der Waals surface area contributed by atoms with Gasteiger partial charge in [0.1, 0.15) is 5.75 Å². The van der Waals surface area contributed by atoms with Gasteiger partial charge in [-0.25, -0.2) is 0 Å². The molecule has 2 rings (SSSR count). The Balaban J connectivity index is 2.02. The summed E-state index contributed by atoms with van der Waals surface area (Å²) in [5.41, 5.74) is 1.74. The predicted molar refractivity (Wildman–Crippen MR) is 85.2 cm³/mol. The van der Waals surface area contributed by atoms with Gasteiger partial charge in [0.05, 0.1) is 21.3 Å². The van der Waals surface area contributed by atoms with E-state index in [9.17, 15) is 4.79 Å². The Morgan fingerprint density at radius 1 is 0.864 bits per heavy atom. The second-order valence-electron chi connectivity index (χ2n) is 4.84. The number of Topliss-reactive ketones (excluding diaryl/α,β-unsaturated/α-hetero) is 1. The lowest BCUT2D eigenvalue weighted by Gasteiger charge is -2.09. The quantitative estimate of drug-likeness (QED) is 0.734. The number of rotatable bonds is 7. The summed E-state index contributed by atoms with van der Waals surface area (Å²) >= 11 is 0. The van der Waals surface area contributed by atoms with Crippen LogP contribution in [0.5, 0.6) is 17.2 Å². The van der Waals surface area contributed by atoms with Gasteiger partial charge >= 0.3 is 0 Å². The third-order valence-electron chi connectivity index (χ3n) is 3.51. The van der Waals surface area contributed by atoms with Crippen LogP contribution in [0, 0.1) is 0 Å². The van der Waals surface area contributed by atoms with E-state index in [-0.39, 0.29) is 5.78 Å². The number of aryl methyl sites for hydroxylation is 1. The highest BCUT2D eigenvalue weighted by Crippen LogP contribution is 2.28. The van der Waals surface area contributed by atoms with Crippen LogP contribution in [0.2, 0.25) is 0 Å². The largest absolute Gasteiger partial charge is 0.497 e.